The lowest BCUT2D eigenvalue weighted by molar-refractivity contribution is -0.146. The molecule has 15 heavy (non-hydrogen) atoms. The van der Waals surface area contributed by atoms with Crippen molar-refractivity contribution in [3.63, 3.8) is 0 Å². The van der Waals surface area contributed by atoms with Crippen molar-refractivity contribution in [3.8, 4) is 0 Å². The summed E-state index contributed by atoms with van der Waals surface area (Å²) in [5.41, 5.74) is 1.78. The van der Waals surface area contributed by atoms with Gasteiger partial charge in [0.15, 0.2) is 6.10 Å². The molecule has 0 radical (unpaired) electrons. The highest BCUT2D eigenvalue weighted by Crippen LogP contribution is 2.25. The van der Waals surface area contributed by atoms with E-state index in [1.165, 1.54) is 0 Å². The zero-order valence-electron chi connectivity index (χ0n) is 8.06. The Morgan fingerprint density at radius 1 is 1.53 bits per heavy atom. The third kappa shape index (κ3) is 1.46. The first-order chi connectivity index (χ1) is 7.11. The van der Waals surface area contributed by atoms with Crippen LogP contribution in [0.3, 0.4) is 0 Å². The van der Waals surface area contributed by atoms with Crippen molar-refractivity contribution < 1.29 is 15.0 Å². The molecule has 3 N–H and O–H groups in total. The van der Waals surface area contributed by atoms with Gasteiger partial charge >= 0.3 is 5.97 Å². The number of hydrogen-bond donors (Lipinski definition) is 3. The van der Waals surface area contributed by atoms with Gasteiger partial charge in [-0.3, -0.25) is 5.10 Å². The standard InChI is InChI=1S/C10H10N2O3/c1-5-8-6(9(13)10(14)15)3-2-4-7(8)12-11-5/h2-4,9,13H,1H3,(H,11,12)(H,14,15). The van der Waals surface area contributed by atoms with Crippen LogP contribution in [-0.2, 0) is 4.79 Å². The number of H-pyrrole nitrogens is 1. The molecule has 1 unspecified atom stereocenters. The van der Waals surface area contributed by atoms with Gasteiger partial charge in [0.1, 0.15) is 0 Å². The van der Waals surface area contributed by atoms with Gasteiger partial charge in [0.05, 0.1) is 5.52 Å². The molecule has 0 amide bonds. The first-order valence-corrected chi connectivity index (χ1v) is 4.45. The molecule has 0 saturated heterocycles. The van der Waals surface area contributed by atoms with Crippen molar-refractivity contribution in [2.24, 2.45) is 0 Å². The Morgan fingerprint density at radius 3 is 2.93 bits per heavy atom. The fraction of sp³-hybridized carbons (Fsp3) is 0.200. The van der Waals surface area contributed by atoms with Crippen LogP contribution in [0.2, 0.25) is 0 Å². The Labute approximate surface area is 85.4 Å². The van der Waals surface area contributed by atoms with Gasteiger partial charge < -0.3 is 10.2 Å². The minimum absolute atomic E-state index is 0.367. The number of hydrogen-bond acceptors (Lipinski definition) is 3. The summed E-state index contributed by atoms with van der Waals surface area (Å²) in [5.74, 6) is -1.26. The maximum Gasteiger partial charge on any atom is 0.337 e. The van der Waals surface area contributed by atoms with Crippen LogP contribution in [0, 0.1) is 6.92 Å². The summed E-state index contributed by atoms with van der Waals surface area (Å²) in [4.78, 5) is 10.7. The summed E-state index contributed by atoms with van der Waals surface area (Å²) in [6.45, 7) is 1.79. The average Bonchev–Trinajstić information content (AvgIpc) is 2.59. The smallest absolute Gasteiger partial charge is 0.337 e. The molecule has 0 aliphatic carbocycles. The van der Waals surface area contributed by atoms with E-state index in [-0.39, 0.29) is 0 Å². The Kier molecular flexibility index (Phi) is 2.17. The highest BCUT2D eigenvalue weighted by atomic mass is 16.4. The summed E-state index contributed by atoms with van der Waals surface area (Å²) in [6, 6.07) is 5.02. The largest absolute Gasteiger partial charge is 0.479 e. The number of nitrogens with zero attached hydrogens (tertiary/aromatic N) is 1. The third-order valence-electron chi connectivity index (χ3n) is 2.32. The molecule has 0 spiro atoms. The van der Waals surface area contributed by atoms with Crippen LogP contribution in [0.1, 0.15) is 17.4 Å². The number of nitrogens with one attached hydrogen (secondary N) is 1. The van der Waals surface area contributed by atoms with Crippen LogP contribution in [-0.4, -0.2) is 26.4 Å². The Hall–Kier alpha value is -1.88. The third-order valence-corrected chi connectivity index (χ3v) is 2.32. The summed E-state index contributed by atoms with van der Waals surface area (Å²) in [6.07, 6.45) is -1.51. The normalized spacial score (nSPS) is 12.9. The zero-order chi connectivity index (χ0) is 11.0. The molecule has 5 heteroatoms. The Bertz CT molecular complexity index is 518. The second-order valence-corrected chi connectivity index (χ2v) is 3.33. The number of carbonyl (C=O) groups is 1. The van der Waals surface area contributed by atoms with Gasteiger partial charge in [-0.25, -0.2) is 4.79 Å². The van der Waals surface area contributed by atoms with E-state index in [9.17, 15) is 9.90 Å². The molecule has 5 nitrogen and oxygen atoms in total. The molecular formula is C10H10N2O3. The predicted octanol–water partition coefficient (Wildman–Crippen LogP) is 0.989. The van der Waals surface area contributed by atoms with E-state index in [2.05, 4.69) is 10.2 Å². The lowest BCUT2D eigenvalue weighted by Gasteiger charge is -2.07. The number of aliphatic carboxylic acids is 1. The number of carboxylic acids is 1. The summed E-state index contributed by atoms with van der Waals surface area (Å²) in [5, 5.41) is 25.7. The molecule has 1 atom stereocenters. The molecule has 0 bridgehead atoms. The van der Waals surface area contributed by atoms with Crippen LogP contribution in [0.5, 0.6) is 0 Å². The van der Waals surface area contributed by atoms with Crippen molar-refractivity contribution in [3.05, 3.63) is 29.5 Å². The average molecular weight is 206 g/mol. The minimum Gasteiger partial charge on any atom is -0.479 e. The van der Waals surface area contributed by atoms with Gasteiger partial charge in [-0.2, -0.15) is 5.10 Å². The van der Waals surface area contributed by atoms with Crippen molar-refractivity contribution in [2.75, 3.05) is 0 Å². The lowest BCUT2D eigenvalue weighted by Crippen LogP contribution is -2.10. The van der Waals surface area contributed by atoms with Gasteiger partial charge in [0.2, 0.25) is 0 Å². The molecule has 1 aromatic heterocycles. The number of benzene rings is 1. The molecule has 1 heterocycles. The van der Waals surface area contributed by atoms with E-state index >= 15 is 0 Å². The lowest BCUT2D eigenvalue weighted by atomic mass is 10.0. The van der Waals surface area contributed by atoms with E-state index in [1.54, 1.807) is 25.1 Å². The topological polar surface area (TPSA) is 86.2 Å². The molecule has 0 aliphatic rings. The molecule has 0 fully saturated rings. The number of carboxylic acid groups (broad SMARTS) is 1. The molecule has 0 saturated carbocycles. The van der Waals surface area contributed by atoms with Crippen LogP contribution >= 0.6 is 0 Å². The van der Waals surface area contributed by atoms with E-state index in [0.717, 1.165) is 5.69 Å². The fourth-order valence-electron chi connectivity index (χ4n) is 1.62. The zero-order valence-corrected chi connectivity index (χ0v) is 8.06. The SMILES string of the molecule is Cc1[nH]nc2cccc(C(O)C(=O)O)c12. The maximum atomic E-state index is 10.7. The number of rotatable bonds is 2. The quantitative estimate of drug-likeness (QED) is 0.683. The number of aromatic nitrogens is 2. The number of aliphatic hydroxyl groups excluding tert-OH is 1. The second-order valence-electron chi connectivity index (χ2n) is 3.33. The summed E-state index contributed by atoms with van der Waals surface area (Å²) < 4.78 is 0. The minimum atomic E-state index is -1.51. The molecule has 2 rings (SSSR count). The Balaban J connectivity index is 2.69. The fourth-order valence-corrected chi connectivity index (χ4v) is 1.62. The highest BCUT2D eigenvalue weighted by Gasteiger charge is 2.20. The maximum absolute atomic E-state index is 10.7. The number of aromatic amines is 1. The predicted molar refractivity (Wildman–Crippen MR) is 53.4 cm³/mol. The monoisotopic (exact) mass is 206 g/mol. The van der Waals surface area contributed by atoms with E-state index in [0.29, 0.717) is 16.5 Å². The summed E-state index contributed by atoms with van der Waals surface area (Å²) >= 11 is 0. The van der Waals surface area contributed by atoms with Gasteiger partial charge in [0.25, 0.3) is 0 Å². The molecule has 78 valence electrons. The second kappa shape index (κ2) is 3.36. The number of fused-ring (bicyclic) bond motifs is 1. The van der Waals surface area contributed by atoms with E-state index < -0.39 is 12.1 Å². The molecule has 0 aliphatic heterocycles. The number of aryl methyl sites for hydroxylation is 1. The van der Waals surface area contributed by atoms with Crippen LogP contribution in [0.4, 0.5) is 0 Å². The van der Waals surface area contributed by atoms with Gasteiger partial charge in [-0.15, -0.1) is 0 Å². The van der Waals surface area contributed by atoms with Crippen LogP contribution in [0.25, 0.3) is 10.9 Å². The van der Waals surface area contributed by atoms with Crippen molar-refractivity contribution in [2.45, 2.75) is 13.0 Å². The number of aliphatic hydroxyl groups is 1. The van der Waals surface area contributed by atoms with Gasteiger partial charge in [-0.1, -0.05) is 12.1 Å². The summed E-state index contributed by atoms with van der Waals surface area (Å²) in [7, 11) is 0. The van der Waals surface area contributed by atoms with Crippen molar-refractivity contribution >= 4 is 16.9 Å². The van der Waals surface area contributed by atoms with Crippen molar-refractivity contribution in [1.29, 1.82) is 0 Å². The first kappa shape index (κ1) is 9.67. The Morgan fingerprint density at radius 2 is 2.27 bits per heavy atom. The highest BCUT2D eigenvalue weighted by molar-refractivity contribution is 5.89. The van der Waals surface area contributed by atoms with Gasteiger partial charge in [-0.05, 0) is 13.0 Å². The molecule has 2 aromatic rings. The van der Waals surface area contributed by atoms with Crippen LogP contribution < -0.4 is 0 Å². The molecule has 1 aromatic carbocycles. The van der Waals surface area contributed by atoms with E-state index in [4.69, 9.17) is 5.11 Å². The van der Waals surface area contributed by atoms with Gasteiger partial charge in [0, 0.05) is 16.6 Å². The first-order valence-electron chi connectivity index (χ1n) is 4.45. The van der Waals surface area contributed by atoms with Crippen molar-refractivity contribution in [1.82, 2.24) is 10.2 Å². The molecular weight excluding hydrogens is 196 g/mol. The van der Waals surface area contributed by atoms with Crippen LogP contribution in [0.15, 0.2) is 18.2 Å². The van der Waals surface area contributed by atoms with E-state index in [1.807, 2.05) is 0 Å².